The SMILES string of the molecule is COc1ccc(S(=O)(=O)Nc2ccc(CSc3ccccc3)cc2)cc1C(=O)N1CCC(C)CC1. The zero-order valence-corrected chi connectivity index (χ0v) is 21.6. The molecular weight excluding hydrogens is 480 g/mol. The van der Waals surface area contributed by atoms with Gasteiger partial charge in [-0.3, -0.25) is 9.52 Å². The average molecular weight is 511 g/mol. The number of ether oxygens (including phenoxy) is 1. The first-order chi connectivity index (χ1) is 16.9. The Morgan fingerprint density at radius 2 is 1.71 bits per heavy atom. The fourth-order valence-corrected chi connectivity index (χ4v) is 5.93. The third kappa shape index (κ3) is 6.38. The predicted molar refractivity (Wildman–Crippen MR) is 141 cm³/mol. The van der Waals surface area contributed by atoms with Crippen molar-refractivity contribution in [3.63, 3.8) is 0 Å². The second kappa shape index (κ2) is 11.2. The molecule has 35 heavy (non-hydrogen) atoms. The quantitative estimate of drug-likeness (QED) is 0.396. The van der Waals surface area contributed by atoms with Crippen LogP contribution in [0.4, 0.5) is 5.69 Å². The lowest BCUT2D eigenvalue weighted by atomic mass is 9.98. The van der Waals surface area contributed by atoms with Gasteiger partial charge in [0.1, 0.15) is 5.75 Å². The smallest absolute Gasteiger partial charge is 0.261 e. The highest BCUT2D eigenvalue weighted by Gasteiger charge is 2.26. The van der Waals surface area contributed by atoms with E-state index in [1.54, 1.807) is 28.8 Å². The minimum Gasteiger partial charge on any atom is -0.496 e. The van der Waals surface area contributed by atoms with Crippen LogP contribution in [0.15, 0.2) is 82.6 Å². The van der Waals surface area contributed by atoms with Gasteiger partial charge in [-0.1, -0.05) is 37.3 Å². The summed E-state index contributed by atoms with van der Waals surface area (Å²) in [5.74, 6) is 1.54. The van der Waals surface area contributed by atoms with Crippen LogP contribution in [0.25, 0.3) is 0 Å². The van der Waals surface area contributed by atoms with Crippen LogP contribution in [0.5, 0.6) is 5.75 Å². The average Bonchev–Trinajstić information content (AvgIpc) is 2.88. The second-order valence-corrected chi connectivity index (χ2v) is 11.5. The maximum Gasteiger partial charge on any atom is 0.261 e. The molecule has 1 aliphatic rings. The van der Waals surface area contributed by atoms with Gasteiger partial charge in [-0.05, 0) is 66.8 Å². The molecule has 1 fully saturated rings. The molecule has 0 saturated carbocycles. The van der Waals surface area contributed by atoms with Crippen molar-refractivity contribution in [3.05, 3.63) is 83.9 Å². The summed E-state index contributed by atoms with van der Waals surface area (Å²) in [6, 6.07) is 21.9. The Kier molecular flexibility index (Phi) is 8.03. The van der Waals surface area contributed by atoms with E-state index in [1.807, 2.05) is 30.3 Å². The molecule has 0 aromatic heterocycles. The number of carbonyl (C=O) groups is 1. The maximum atomic E-state index is 13.2. The fourth-order valence-electron chi connectivity index (χ4n) is 3.97. The molecule has 1 N–H and O–H groups in total. The van der Waals surface area contributed by atoms with Crippen LogP contribution in [0.1, 0.15) is 35.7 Å². The van der Waals surface area contributed by atoms with Gasteiger partial charge in [-0.25, -0.2) is 8.42 Å². The lowest BCUT2D eigenvalue weighted by Crippen LogP contribution is -2.38. The summed E-state index contributed by atoms with van der Waals surface area (Å²) in [6.07, 6.45) is 1.88. The van der Waals surface area contributed by atoms with E-state index >= 15 is 0 Å². The molecule has 0 unspecified atom stereocenters. The number of anilines is 1. The first-order valence-corrected chi connectivity index (χ1v) is 14.1. The summed E-state index contributed by atoms with van der Waals surface area (Å²) in [5, 5.41) is 0. The molecule has 184 valence electrons. The molecule has 0 bridgehead atoms. The number of piperidine rings is 1. The van der Waals surface area contributed by atoms with Crippen molar-refractivity contribution in [2.24, 2.45) is 5.92 Å². The van der Waals surface area contributed by atoms with E-state index in [1.165, 1.54) is 30.2 Å². The zero-order chi connectivity index (χ0) is 24.8. The molecule has 6 nitrogen and oxygen atoms in total. The first-order valence-electron chi connectivity index (χ1n) is 11.6. The molecule has 3 aromatic rings. The van der Waals surface area contributed by atoms with Crippen molar-refractivity contribution in [1.29, 1.82) is 0 Å². The van der Waals surface area contributed by atoms with Crippen molar-refractivity contribution < 1.29 is 17.9 Å². The Morgan fingerprint density at radius 3 is 2.37 bits per heavy atom. The highest BCUT2D eigenvalue weighted by atomic mass is 32.2. The minimum atomic E-state index is -3.88. The summed E-state index contributed by atoms with van der Waals surface area (Å²) in [7, 11) is -2.40. The number of nitrogens with zero attached hydrogens (tertiary/aromatic N) is 1. The van der Waals surface area contributed by atoms with Crippen LogP contribution in [0.3, 0.4) is 0 Å². The Balaban J connectivity index is 1.47. The number of carbonyl (C=O) groups excluding carboxylic acids is 1. The lowest BCUT2D eigenvalue weighted by Gasteiger charge is -2.30. The third-order valence-corrected chi connectivity index (χ3v) is 8.60. The number of sulfonamides is 1. The van der Waals surface area contributed by atoms with E-state index in [-0.39, 0.29) is 16.4 Å². The molecule has 1 amide bonds. The molecule has 4 rings (SSSR count). The van der Waals surface area contributed by atoms with Gasteiger partial charge < -0.3 is 9.64 Å². The van der Waals surface area contributed by atoms with Crippen molar-refractivity contribution in [2.75, 3.05) is 24.9 Å². The number of thioether (sulfide) groups is 1. The fraction of sp³-hybridized carbons (Fsp3) is 0.296. The Hall–Kier alpha value is -2.97. The van der Waals surface area contributed by atoms with Crippen LogP contribution >= 0.6 is 11.8 Å². The van der Waals surface area contributed by atoms with Crippen molar-refractivity contribution in [2.45, 2.75) is 35.3 Å². The van der Waals surface area contributed by atoms with Crippen LogP contribution in [-0.4, -0.2) is 39.4 Å². The van der Waals surface area contributed by atoms with E-state index < -0.39 is 10.0 Å². The van der Waals surface area contributed by atoms with Crippen molar-refractivity contribution in [3.8, 4) is 5.75 Å². The van der Waals surface area contributed by atoms with Gasteiger partial charge in [0.15, 0.2) is 0 Å². The second-order valence-electron chi connectivity index (χ2n) is 8.74. The molecule has 8 heteroatoms. The molecule has 1 saturated heterocycles. The number of rotatable bonds is 8. The molecule has 0 aliphatic carbocycles. The number of methoxy groups -OCH3 is 1. The summed E-state index contributed by atoms with van der Waals surface area (Å²) in [6.45, 7) is 3.50. The molecule has 0 spiro atoms. The lowest BCUT2D eigenvalue weighted by molar-refractivity contribution is 0.0693. The van der Waals surface area contributed by atoms with Gasteiger partial charge in [0.25, 0.3) is 15.9 Å². The van der Waals surface area contributed by atoms with Crippen molar-refractivity contribution in [1.82, 2.24) is 4.90 Å². The molecule has 3 aromatic carbocycles. The minimum absolute atomic E-state index is 0.0238. The standard InChI is InChI=1S/C27H30N2O4S2/c1-20-14-16-29(17-15-20)27(30)25-18-24(12-13-26(25)33-2)35(31,32)28-22-10-8-21(9-11-22)19-34-23-6-4-3-5-7-23/h3-13,18,20,28H,14-17,19H2,1-2H3. The summed E-state index contributed by atoms with van der Waals surface area (Å²) < 4.78 is 34.2. The number of hydrogen-bond acceptors (Lipinski definition) is 5. The number of benzene rings is 3. The van der Waals surface area contributed by atoms with Gasteiger partial charge in [0, 0.05) is 29.4 Å². The summed E-state index contributed by atoms with van der Waals surface area (Å²) in [4.78, 5) is 16.1. The molecule has 0 radical (unpaired) electrons. The zero-order valence-electron chi connectivity index (χ0n) is 19.9. The highest BCUT2D eigenvalue weighted by Crippen LogP contribution is 2.28. The van der Waals surface area contributed by atoms with Crippen molar-refractivity contribution >= 4 is 33.4 Å². The number of hydrogen-bond donors (Lipinski definition) is 1. The maximum absolute atomic E-state index is 13.2. The largest absolute Gasteiger partial charge is 0.496 e. The predicted octanol–water partition coefficient (Wildman–Crippen LogP) is 5.66. The molecule has 0 atom stereocenters. The molecular formula is C27H30N2O4S2. The molecule has 1 heterocycles. The monoisotopic (exact) mass is 510 g/mol. The Labute approximate surface area is 211 Å². The van der Waals surface area contributed by atoms with Crippen LogP contribution in [0, 0.1) is 5.92 Å². The Bertz CT molecular complexity index is 1250. The summed E-state index contributed by atoms with van der Waals surface area (Å²) in [5.41, 5.74) is 1.82. The van der Waals surface area contributed by atoms with E-state index in [0.29, 0.717) is 30.4 Å². The topological polar surface area (TPSA) is 75.7 Å². The molecule has 1 aliphatic heterocycles. The first kappa shape index (κ1) is 25.1. The van der Waals surface area contributed by atoms with E-state index in [9.17, 15) is 13.2 Å². The number of likely N-dealkylation sites (tertiary alicyclic amines) is 1. The van der Waals surface area contributed by atoms with Gasteiger partial charge in [0.05, 0.1) is 17.6 Å². The number of amides is 1. The van der Waals surface area contributed by atoms with E-state index in [2.05, 4.69) is 23.8 Å². The van der Waals surface area contributed by atoms with Gasteiger partial charge >= 0.3 is 0 Å². The highest BCUT2D eigenvalue weighted by molar-refractivity contribution is 7.98. The van der Waals surface area contributed by atoms with Gasteiger partial charge in [0.2, 0.25) is 0 Å². The van der Waals surface area contributed by atoms with Gasteiger partial charge in [-0.15, -0.1) is 11.8 Å². The normalized spacial score (nSPS) is 14.5. The number of nitrogens with one attached hydrogen (secondary N) is 1. The summed E-state index contributed by atoms with van der Waals surface area (Å²) >= 11 is 1.72. The van der Waals surface area contributed by atoms with E-state index in [0.717, 1.165) is 24.2 Å². The van der Waals surface area contributed by atoms with Crippen LogP contribution < -0.4 is 9.46 Å². The van der Waals surface area contributed by atoms with Gasteiger partial charge in [-0.2, -0.15) is 0 Å². The Morgan fingerprint density at radius 1 is 1.03 bits per heavy atom. The van der Waals surface area contributed by atoms with Crippen LogP contribution in [0.2, 0.25) is 0 Å². The third-order valence-electron chi connectivity index (χ3n) is 6.14. The van der Waals surface area contributed by atoms with Crippen LogP contribution in [-0.2, 0) is 15.8 Å². The van der Waals surface area contributed by atoms with E-state index in [4.69, 9.17) is 4.74 Å².